The smallest absolute Gasteiger partial charge is 0.240 e. The highest BCUT2D eigenvalue weighted by molar-refractivity contribution is 6.80. The SMILES string of the molecule is CC(C)(C)C(O[SiH](c1ccccc1)c1ccccc1)c1c[nH]cc1C#N. The van der Waals surface area contributed by atoms with Gasteiger partial charge in [0, 0.05) is 18.0 Å². The minimum Gasteiger partial charge on any atom is -0.403 e. The number of benzene rings is 2. The van der Waals surface area contributed by atoms with Gasteiger partial charge in [-0.25, -0.2) is 0 Å². The lowest BCUT2D eigenvalue weighted by Gasteiger charge is -2.34. The number of aromatic amines is 1. The Morgan fingerprint density at radius 1 is 0.923 bits per heavy atom. The fraction of sp³-hybridized carbons (Fsp3) is 0.227. The zero-order chi connectivity index (χ0) is 18.6. The predicted octanol–water partition coefficient (Wildman–Crippen LogP) is 3.53. The van der Waals surface area contributed by atoms with Crippen LogP contribution in [-0.4, -0.2) is 14.0 Å². The van der Waals surface area contributed by atoms with E-state index >= 15 is 0 Å². The number of H-pyrrole nitrogens is 1. The molecule has 0 aliphatic heterocycles. The Morgan fingerprint density at radius 3 is 1.92 bits per heavy atom. The summed E-state index contributed by atoms with van der Waals surface area (Å²) in [5.74, 6) is 0. The summed E-state index contributed by atoms with van der Waals surface area (Å²) in [6.45, 7) is 6.48. The molecule has 0 aliphatic carbocycles. The van der Waals surface area contributed by atoms with Gasteiger partial charge in [0.05, 0.1) is 11.7 Å². The molecule has 3 aromatic rings. The summed E-state index contributed by atoms with van der Waals surface area (Å²) >= 11 is 0. The van der Waals surface area contributed by atoms with Crippen molar-refractivity contribution in [3.63, 3.8) is 0 Å². The number of hydrogen-bond donors (Lipinski definition) is 1. The number of nitrogens with zero attached hydrogens (tertiary/aromatic N) is 1. The highest BCUT2D eigenvalue weighted by Gasteiger charge is 2.33. The van der Waals surface area contributed by atoms with Crippen molar-refractivity contribution < 1.29 is 4.43 Å². The monoisotopic (exact) mass is 360 g/mol. The maximum absolute atomic E-state index is 9.48. The molecule has 0 saturated carbocycles. The molecule has 0 bridgehead atoms. The predicted molar refractivity (Wildman–Crippen MR) is 108 cm³/mol. The maximum atomic E-state index is 9.48. The zero-order valence-electron chi connectivity index (χ0n) is 15.4. The van der Waals surface area contributed by atoms with Gasteiger partial charge < -0.3 is 9.41 Å². The Hall–Kier alpha value is -2.61. The molecule has 3 rings (SSSR count). The first-order chi connectivity index (χ1) is 12.5. The van der Waals surface area contributed by atoms with E-state index in [4.69, 9.17) is 4.43 Å². The highest BCUT2D eigenvalue weighted by Crippen LogP contribution is 2.37. The van der Waals surface area contributed by atoms with Gasteiger partial charge in [-0.05, 0) is 15.8 Å². The molecule has 26 heavy (non-hydrogen) atoms. The van der Waals surface area contributed by atoms with Crippen LogP contribution in [0.5, 0.6) is 0 Å². The van der Waals surface area contributed by atoms with Gasteiger partial charge in [-0.15, -0.1) is 0 Å². The average molecular weight is 361 g/mol. The molecular formula is C22H24N2OSi. The Kier molecular flexibility index (Phi) is 5.41. The summed E-state index contributed by atoms with van der Waals surface area (Å²) in [6.07, 6.45) is 3.48. The third-order valence-electron chi connectivity index (χ3n) is 4.44. The van der Waals surface area contributed by atoms with Crippen LogP contribution in [0, 0.1) is 16.7 Å². The maximum Gasteiger partial charge on any atom is 0.240 e. The number of aromatic nitrogens is 1. The van der Waals surface area contributed by atoms with Gasteiger partial charge in [0.15, 0.2) is 0 Å². The van der Waals surface area contributed by atoms with Crippen molar-refractivity contribution in [1.29, 1.82) is 5.26 Å². The quantitative estimate of drug-likeness (QED) is 0.708. The second-order valence-corrected chi connectivity index (χ2v) is 9.89. The molecule has 0 aliphatic rings. The number of rotatable bonds is 5. The molecule has 1 N–H and O–H groups in total. The fourth-order valence-electron chi connectivity index (χ4n) is 3.17. The first-order valence-corrected chi connectivity index (χ1v) is 10.5. The van der Waals surface area contributed by atoms with Crippen LogP contribution in [0.3, 0.4) is 0 Å². The van der Waals surface area contributed by atoms with Crippen LogP contribution in [0.25, 0.3) is 0 Å². The lowest BCUT2D eigenvalue weighted by Crippen LogP contribution is -2.47. The second-order valence-electron chi connectivity index (χ2n) is 7.52. The Bertz CT molecular complexity index is 836. The van der Waals surface area contributed by atoms with Crippen LogP contribution in [-0.2, 0) is 4.43 Å². The van der Waals surface area contributed by atoms with Crippen molar-refractivity contribution in [1.82, 2.24) is 4.98 Å². The molecule has 132 valence electrons. The Labute approximate surface area is 157 Å². The number of nitrogens with one attached hydrogen (secondary N) is 1. The summed E-state index contributed by atoms with van der Waals surface area (Å²) in [4.78, 5) is 3.07. The van der Waals surface area contributed by atoms with Crippen LogP contribution >= 0.6 is 0 Å². The first kappa shape index (κ1) is 18.2. The summed E-state index contributed by atoms with van der Waals surface area (Å²) in [5, 5.41) is 12.0. The molecule has 0 amide bonds. The molecule has 3 nitrogen and oxygen atoms in total. The average Bonchev–Trinajstić information content (AvgIpc) is 3.11. The minimum atomic E-state index is -1.91. The summed E-state index contributed by atoms with van der Waals surface area (Å²) in [5.41, 5.74) is 1.45. The van der Waals surface area contributed by atoms with Crippen LogP contribution < -0.4 is 10.4 Å². The molecule has 0 spiro atoms. The molecule has 4 heteroatoms. The van der Waals surface area contributed by atoms with Crippen LogP contribution in [0.4, 0.5) is 0 Å². The molecule has 1 unspecified atom stereocenters. The van der Waals surface area contributed by atoms with E-state index in [1.165, 1.54) is 10.4 Å². The van der Waals surface area contributed by atoms with Crippen molar-refractivity contribution in [3.05, 3.63) is 84.2 Å². The molecule has 0 saturated heterocycles. The second kappa shape index (κ2) is 7.73. The largest absolute Gasteiger partial charge is 0.403 e. The zero-order valence-corrected chi connectivity index (χ0v) is 16.6. The van der Waals surface area contributed by atoms with Crippen LogP contribution in [0.1, 0.15) is 38.0 Å². The van der Waals surface area contributed by atoms with Gasteiger partial charge in [0.2, 0.25) is 9.04 Å². The highest BCUT2D eigenvalue weighted by atomic mass is 28.3. The Balaban J connectivity index is 2.05. The van der Waals surface area contributed by atoms with Gasteiger partial charge >= 0.3 is 0 Å². The third-order valence-corrected chi connectivity index (χ3v) is 6.97. The van der Waals surface area contributed by atoms with E-state index in [1.807, 2.05) is 18.3 Å². The van der Waals surface area contributed by atoms with Crippen LogP contribution in [0.2, 0.25) is 0 Å². The van der Waals surface area contributed by atoms with Gasteiger partial charge in [0.1, 0.15) is 6.07 Å². The van der Waals surface area contributed by atoms with E-state index < -0.39 is 9.04 Å². The molecular weight excluding hydrogens is 336 g/mol. The van der Waals surface area contributed by atoms with Gasteiger partial charge in [0.25, 0.3) is 0 Å². The van der Waals surface area contributed by atoms with Crippen molar-refractivity contribution in [2.45, 2.75) is 26.9 Å². The molecule has 2 aromatic carbocycles. The molecule has 1 atom stereocenters. The summed E-state index contributed by atoms with van der Waals surface area (Å²) in [7, 11) is -1.91. The number of nitriles is 1. The third kappa shape index (κ3) is 3.96. The summed E-state index contributed by atoms with van der Waals surface area (Å²) in [6, 6.07) is 23.2. The normalized spacial score (nSPS) is 12.7. The fourth-order valence-corrected chi connectivity index (χ4v) is 5.84. The summed E-state index contributed by atoms with van der Waals surface area (Å²) < 4.78 is 6.84. The lowest BCUT2D eigenvalue weighted by molar-refractivity contribution is 0.0896. The van der Waals surface area contributed by atoms with Gasteiger partial charge in [-0.3, -0.25) is 0 Å². The Morgan fingerprint density at radius 2 is 1.46 bits per heavy atom. The van der Waals surface area contributed by atoms with E-state index in [1.54, 1.807) is 6.20 Å². The van der Waals surface area contributed by atoms with E-state index in [9.17, 15) is 5.26 Å². The molecule has 1 heterocycles. The molecule has 0 fully saturated rings. The van der Waals surface area contributed by atoms with E-state index in [0.717, 1.165) is 5.56 Å². The van der Waals surface area contributed by atoms with Crippen molar-refractivity contribution in [2.24, 2.45) is 5.41 Å². The van der Waals surface area contributed by atoms with Crippen molar-refractivity contribution in [3.8, 4) is 6.07 Å². The van der Waals surface area contributed by atoms with E-state index in [0.29, 0.717) is 5.56 Å². The van der Waals surface area contributed by atoms with Gasteiger partial charge in [-0.2, -0.15) is 5.26 Å². The number of hydrogen-bond acceptors (Lipinski definition) is 2. The molecule has 0 radical (unpaired) electrons. The van der Waals surface area contributed by atoms with Crippen molar-refractivity contribution in [2.75, 3.05) is 0 Å². The van der Waals surface area contributed by atoms with E-state index in [2.05, 4.69) is 80.4 Å². The minimum absolute atomic E-state index is 0.136. The van der Waals surface area contributed by atoms with E-state index in [-0.39, 0.29) is 11.5 Å². The van der Waals surface area contributed by atoms with Crippen molar-refractivity contribution >= 4 is 19.4 Å². The lowest BCUT2D eigenvalue weighted by atomic mass is 9.84. The topological polar surface area (TPSA) is 48.8 Å². The first-order valence-electron chi connectivity index (χ1n) is 8.83. The molecule has 1 aromatic heterocycles. The standard InChI is InChI=1S/C22H24N2OSi/c1-22(2,3)21(20-16-24-15-17(20)14-23)25-26(18-10-6-4-7-11-18)19-12-8-5-9-13-19/h4-13,15-16,21,24,26H,1-3H3. The van der Waals surface area contributed by atoms with Crippen LogP contribution in [0.15, 0.2) is 73.1 Å². The van der Waals surface area contributed by atoms with Gasteiger partial charge in [-0.1, -0.05) is 81.4 Å².